The molecule has 1 aliphatic rings. The fourth-order valence-corrected chi connectivity index (χ4v) is 3.06. The second-order valence-corrected chi connectivity index (χ2v) is 6.43. The highest BCUT2D eigenvalue weighted by Gasteiger charge is 2.19. The summed E-state index contributed by atoms with van der Waals surface area (Å²) in [6, 6.07) is 14.7. The molecule has 0 spiro atoms. The van der Waals surface area contributed by atoms with Crippen LogP contribution in [0.5, 0.6) is 0 Å². The van der Waals surface area contributed by atoms with E-state index in [1.54, 1.807) is 17.0 Å². The molecule has 0 bridgehead atoms. The van der Waals surface area contributed by atoms with Gasteiger partial charge in [-0.15, -0.1) is 0 Å². The van der Waals surface area contributed by atoms with E-state index in [1.165, 1.54) is 0 Å². The van der Waals surface area contributed by atoms with Crippen LogP contribution in [0.25, 0.3) is 0 Å². The first-order chi connectivity index (χ1) is 11.1. The highest BCUT2D eigenvalue weighted by atomic mass is 79.9. The number of rotatable bonds is 3. The van der Waals surface area contributed by atoms with Crippen molar-refractivity contribution in [2.24, 2.45) is 0 Å². The molecule has 4 nitrogen and oxygen atoms in total. The smallest absolute Gasteiger partial charge is 0.255 e. The van der Waals surface area contributed by atoms with E-state index in [9.17, 15) is 9.59 Å². The first kappa shape index (κ1) is 15.7. The van der Waals surface area contributed by atoms with Crippen LogP contribution in [0.2, 0.25) is 0 Å². The van der Waals surface area contributed by atoms with Crippen molar-refractivity contribution in [2.75, 3.05) is 16.8 Å². The number of halogens is 1. The van der Waals surface area contributed by atoms with E-state index < -0.39 is 0 Å². The molecule has 0 radical (unpaired) electrons. The number of amides is 2. The number of benzene rings is 2. The van der Waals surface area contributed by atoms with Gasteiger partial charge in [-0.1, -0.05) is 28.1 Å². The second-order valence-electron chi connectivity index (χ2n) is 5.52. The Hall–Kier alpha value is -2.14. The van der Waals surface area contributed by atoms with Crippen LogP contribution < -0.4 is 10.2 Å². The molecule has 0 atom stereocenters. The van der Waals surface area contributed by atoms with E-state index in [0.29, 0.717) is 17.7 Å². The number of hydrogen-bond acceptors (Lipinski definition) is 2. The summed E-state index contributed by atoms with van der Waals surface area (Å²) in [6.07, 6.45) is 2.56. The van der Waals surface area contributed by atoms with Crippen LogP contribution in [0.3, 0.4) is 0 Å². The van der Waals surface area contributed by atoms with Crippen LogP contribution in [0.4, 0.5) is 11.4 Å². The van der Waals surface area contributed by atoms with E-state index >= 15 is 0 Å². The molecule has 1 fully saturated rings. The monoisotopic (exact) mass is 372 g/mol. The Kier molecular flexibility index (Phi) is 4.76. The Labute approximate surface area is 143 Å². The third kappa shape index (κ3) is 3.79. The Morgan fingerprint density at radius 2 is 1.91 bits per heavy atom. The summed E-state index contributed by atoms with van der Waals surface area (Å²) in [4.78, 5) is 26.1. The van der Waals surface area contributed by atoms with Gasteiger partial charge in [0.25, 0.3) is 5.91 Å². The minimum Gasteiger partial charge on any atom is -0.322 e. The van der Waals surface area contributed by atoms with Gasteiger partial charge in [0.05, 0.1) is 0 Å². The van der Waals surface area contributed by atoms with Crippen LogP contribution in [0.15, 0.2) is 53.0 Å². The molecular formula is C18H17BrN2O2. The van der Waals surface area contributed by atoms with E-state index in [2.05, 4.69) is 21.2 Å². The summed E-state index contributed by atoms with van der Waals surface area (Å²) < 4.78 is 0.859. The molecule has 3 rings (SSSR count). The predicted molar refractivity (Wildman–Crippen MR) is 94.7 cm³/mol. The van der Waals surface area contributed by atoms with E-state index in [-0.39, 0.29) is 11.8 Å². The van der Waals surface area contributed by atoms with Gasteiger partial charge in [-0.25, -0.2) is 0 Å². The summed E-state index contributed by atoms with van der Waals surface area (Å²) in [5, 5.41) is 2.88. The van der Waals surface area contributed by atoms with E-state index in [0.717, 1.165) is 29.5 Å². The lowest BCUT2D eigenvalue weighted by molar-refractivity contribution is -0.119. The lowest BCUT2D eigenvalue weighted by Gasteiger charge is -2.27. The predicted octanol–water partition coefficient (Wildman–Crippen LogP) is 4.22. The molecule has 2 amide bonds. The number of anilines is 2. The van der Waals surface area contributed by atoms with Gasteiger partial charge >= 0.3 is 0 Å². The van der Waals surface area contributed by atoms with Gasteiger partial charge in [0.15, 0.2) is 0 Å². The zero-order valence-corrected chi connectivity index (χ0v) is 14.2. The molecule has 0 unspecified atom stereocenters. The van der Waals surface area contributed by atoms with Gasteiger partial charge in [-0.3, -0.25) is 9.59 Å². The van der Waals surface area contributed by atoms with Crippen LogP contribution >= 0.6 is 15.9 Å². The zero-order valence-electron chi connectivity index (χ0n) is 12.6. The molecule has 5 heteroatoms. The van der Waals surface area contributed by atoms with Gasteiger partial charge in [-0.2, -0.15) is 0 Å². The molecule has 23 heavy (non-hydrogen) atoms. The van der Waals surface area contributed by atoms with Crippen molar-refractivity contribution >= 4 is 39.1 Å². The number of nitrogens with zero attached hydrogens (tertiary/aromatic N) is 1. The van der Waals surface area contributed by atoms with E-state index in [4.69, 9.17) is 0 Å². The van der Waals surface area contributed by atoms with Crippen molar-refractivity contribution in [3.05, 3.63) is 58.6 Å². The average molecular weight is 373 g/mol. The van der Waals surface area contributed by atoms with Crippen LogP contribution in [0, 0.1) is 0 Å². The minimum absolute atomic E-state index is 0.145. The van der Waals surface area contributed by atoms with Gasteiger partial charge in [0, 0.05) is 34.4 Å². The third-order valence-electron chi connectivity index (χ3n) is 3.83. The topological polar surface area (TPSA) is 49.4 Å². The maximum absolute atomic E-state index is 12.3. The number of piperidine rings is 1. The molecule has 118 valence electrons. The molecule has 2 aromatic rings. The Bertz CT molecular complexity index is 745. The molecule has 1 saturated heterocycles. The molecule has 1 aliphatic heterocycles. The van der Waals surface area contributed by atoms with Crippen LogP contribution in [-0.2, 0) is 4.79 Å². The molecular weight excluding hydrogens is 356 g/mol. The maximum Gasteiger partial charge on any atom is 0.255 e. The summed E-state index contributed by atoms with van der Waals surface area (Å²) >= 11 is 3.36. The van der Waals surface area contributed by atoms with Gasteiger partial charge in [0.2, 0.25) is 5.91 Å². The van der Waals surface area contributed by atoms with Gasteiger partial charge in [0.1, 0.15) is 0 Å². The molecule has 0 saturated carbocycles. The highest BCUT2D eigenvalue weighted by molar-refractivity contribution is 9.10. The van der Waals surface area contributed by atoms with Gasteiger partial charge < -0.3 is 10.2 Å². The first-order valence-corrected chi connectivity index (χ1v) is 8.40. The fraction of sp³-hybridized carbons (Fsp3) is 0.222. The first-order valence-electron chi connectivity index (χ1n) is 7.61. The van der Waals surface area contributed by atoms with Crippen LogP contribution in [0.1, 0.15) is 29.6 Å². The van der Waals surface area contributed by atoms with Crippen molar-refractivity contribution in [1.82, 2.24) is 0 Å². The van der Waals surface area contributed by atoms with Crippen LogP contribution in [-0.4, -0.2) is 18.4 Å². The van der Waals surface area contributed by atoms with Crippen molar-refractivity contribution in [1.29, 1.82) is 0 Å². The molecule has 0 aromatic heterocycles. The SMILES string of the molecule is O=C(Nc1cccc(N2CCCCC2=O)c1)c1cccc(Br)c1. The largest absolute Gasteiger partial charge is 0.322 e. The minimum atomic E-state index is -0.173. The molecule has 1 heterocycles. The lowest BCUT2D eigenvalue weighted by atomic mass is 10.1. The standard InChI is InChI=1S/C18H17BrN2O2/c19-14-6-3-5-13(11-14)18(23)20-15-7-4-8-16(12-15)21-10-2-1-9-17(21)22/h3-8,11-12H,1-2,9-10H2,(H,20,23). The Morgan fingerprint density at radius 1 is 1.09 bits per heavy atom. The third-order valence-corrected chi connectivity index (χ3v) is 4.32. The number of nitrogens with one attached hydrogen (secondary N) is 1. The van der Waals surface area contributed by atoms with Crippen molar-refractivity contribution in [3.63, 3.8) is 0 Å². The van der Waals surface area contributed by atoms with Gasteiger partial charge in [-0.05, 0) is 49.2 Å². The molecule has 2 aromatic carbocycles. The Morgan fingerprint density at radius 3 is 2.70 bits per heavy atom. The normalized spacial score (nSPS) is 14.7. The van der Waals surface area contributed by atoms with Crippen molar-refractivity contribution in [2.45, 2.75) is 19.3 Å². The summed E-state index contributed by atoms with van der Waals surface area (Å²) in [6.45, 7) is 0.738. The lowest BCUT2D eigenvalue weighted by Crippen LogP contribution is -2.35. The number of carbonyl (C=O) groups excluding carboxylic acids is 2. The fourth-order valence-electron chi connectivity index (χ4n) is 2.66. The quantitative estimate of drug-likeness (QED) is 0.876. The highest BCUT2D eigenvalue weighted by Crippen LogP contribution is 2.24. The van der Waals surface area contributed by atoms with Crippen molar-refractivity contribution < 1.29 is 9.59 Å². The Balaban J connectivity index is 1.77. The van der Waals surface area contributed by atoms with E-state index in [1.807, 2.05) is 36.4 Å². The van der Waals surface area contributed by atoms with Crippen molar-refractivity contribution in [3.8, 4) is 0 Å². The maximum atomic E-state index is 12.3. The average Bonchev–Trinajstić information content (AvgIpc) is 2.55. The summed E-state index contributed by atoms with van der Waals surface area (Å²) in [5.41, 5.74) is 2.10. The molecule has 1 N–H and O–H groups in total. The second kappa shape index (κ2) is 6.96. The summed E-state index contributed by atoms with van der Waals surface area (Å²) in [5.74, 6) is -0.0277. The summed E-state index contributed by atoms with van der Waals surface area (Å²) in [7, 11) is 0. The number of carbonyl (C=O) groups is 2. The zero-order chi connectivity index (χ0) is 16.2. The molecule has 0 aliphatic carbocycles. The number of hydrogen-bond donors (Lipinski definition) is 1.